The Morgan fingerprint density at radius 3 is 2.00 bits per heavy atom. The summed E-state index contributed by atoms with van der Waals surface area (Å²) in [7, 11) is 2.04. The van der Waals surface area contributed by atoms with E-state index in [0.717, 1.165) is 43.5 Å². The highest BCUT2D eigenvalue weighted by Gasteiger charge is 2.16. The first-order valence-corrected chi connectivity index (χ1v) is 16.9. The number of ether oxygens (including phenoxy) is 2. The second-order valence-corrected chi connectivity index (χ2v) is 12.0. The molecule has 0 heterocycles. The molecule has 1 aromatic rings. The minimum absolute atomic E-state index is 0.0137. The Hall–Kier alpha value is -1.24. The van der Waals surface area contributed by atoms with E-state index in [2.05, 4.69) is 17.9 Å². The molecule has 0 aliphatic rings. The van der Waals surface area contributed by atoms with Gasteiger partial charge in [0.1, 0.15) is 12.4 Å². The number of nitrogens with zero attached hydrogens (tertiary/aromatic N) is 1. The van der Waals surface area contributed by atoms with Gasteiger partial charge in [0.05, 0.1) is 13.2 Å². The molecule has 0 spiro atoms. The van der Waals surface area contributed by atoms with Crippen LogP contribution in [0.1, 0.15) is 115 Å². The summed E-state index contributed by atoms with van der Waals surface area (Å²) in [5, 5.41) is 0. The fourth-order valence-electron chi connectivity index (χ4n) is 4.61. The number of para-hydroxylation sites is 1. The van der Waals surface area contributed by atoms with Gasteiger partial charge in [0.25, 0.3) is 6.47 Å². The van der Waals surface area contributed by atoms with E-state index < -0.39 is 14.7 Å². The van der Waals surface area contributed by atoms with E-state index >= 15 is 0 Å². The molecular weight excluding hydrogens is 525 g/mol. The maximum absolute atomic E-state index is 11.0. The van der Waals surface area contributed by atoms with Gasteiger partial charge in [-0.2, -0.15) is 0 Å². The summed E-state index contributed by atoms with van der Waals surface area (Å²) in [5.41, 5.74) is 1.16. The van der Waals surface area contributed by atoms with E-state index in [-0.39, 0.29) is 13.2 Å². The van der Waals surface area contributed by atoms with Gasteiger partial charge in [-0.05, 0) is 58.0 Å². The van der Waals surface area contributed by atoms with Crippen LogP contribution in [0.5, 0.6) is 5.75 Å². The minimum atomic E-state index is -2.01. The van der Waals surface area contributed by atoms with Crippen LogP contribution in [0, 0.1) is 0 Å². The van der Waals surface area contributed by atoms with E-state index in [1.165, 1.54) is 83.5 Å². The lowest BCUT2D eigenvalue weighted by molar-refractivity contribution is -0.136. The molecule has 0 aliphatic heterocycles. The van der Waals surface area contributed by atoms with Crippen LogP contribution in [0.3, 0.4) is 0 Å². The molecule has 0 saturated heterocycles. The largest absolute Gasteiger partial charge is 0.489 e. The number of carbonyl (C=O) groups excluding carboxylic acids is 1. The van der Waals surface area contributed by atoms with Gasteiger partial charge < -0.3 is 28.3 Å². The maximum Gasteiger partial charge on any atom is 0.329 e. The highest BCUT2D eigenvalue weighted by atomic mass is 31.2. The molecule has 232 valence electrons. The fourth-order valence-corrected chi connectivity index (χ4v) is 5.26. The fraction of sp³-hybridized carbons (Fsp3) is 0.781. The molecule has 0 fully saturated rings. The number of hydrogen-bond acceptors (Lipinski definition) is 7. The standard InChI is InChI=1S/C32H58NO6P/c1-4-5-6-7-8-9-10-11-12-13-14-15-16-17-22-30-23-18-19-24-32(30)36-27-31(37-29-34)28-39-40(35)38-26-21-20-25-33(2)3/h18-19,23-24,29,31,35H,4-17,20-22,25-28H2,1-3H3. The first kappa shape index (κ1) is 36.8. The number of unbranched alkanes of at least 4 members (excludes halogenated alkanes) is 14. The minimum Gasteiger partial charge on any atom is -0.489 e. The number of benzene rings is 1. The molecule has 0 bridgehead atoms. The molecule has 0 saturated carbocycles. The van der Waals surface area contributed by atoms with Crippen molar-refractivity contribution in [3.05, 3.63) is 29.8 Å². The smallest absolute Gasteiger partial charge is 0.329 e. The number of hydrogen-bond donors (Lipinski definition) is 1. The first-order chi connectivity index (χ1) is 19.6. The van der Waals surface area contributed by atoms with Crippen molar-refractivity contribution in [3.63, 3.8) is 0 Å². The Morgan fingerprint density at radius 2 is 1.40 bits per heavy atom. The summed E-state index contributed by atoms with van der Waals surface area (Å²) in [5.74, 6) is 0.806. The SMILES string of the molecule is CCCCCCCCCCCCCCCCc1ccccc1OCC(COP(O)OCCCCN(C)C)OC=O. The molecule has 1 aromatic carbocycles. The average Bonchev–Trinajstić information content (AvgIpc) is 2.95. The van der Waals surface area contributed by atoms with Gasteiger partial charge in [-0.3, -0.25) is 4.79 Å². The normalized spacial score (nSPS) is 12.9. The summed E-state index contributed by atoms with van der Waals surface area (Å²) < 4.78 is 21.9. The zero-order valence-electron chi connectivity index (χ0n) is 25.7. The van der Waals surface area contributed by atoms with E-state index in [0.29, 0.717) is 13.1 Å². The van der Waals surface area contributed by atoms with Gasteiger partial charge in [-0.15, -0.1) is 0 Å². The molecule has 2 atom stereocenters. The van der Waals surface area contributed by atoms with Crippen molar-refractivity contribution >= 4 is 15.1 Å². The van der Waals surface area contributed by atoms with Crippen LogP contribution < -0.4 is 4.74 Å². The Labute approximate surface area is 246 Å². The van der Waals surface area contributed by atoms with Crippen LogP contribution in [0.15, 0.2) is 24.3 Å². The average molecular weight is 584 g/mol. The van der Waals surface area contributed by atoms with Crippen molar-refractivity contribution in [2.45, 2.75) is 122 Å². The van der Waals surface area contributed by atoms with E-state index in [9.17, 15) is 9.69 Å². The highest BCUT2D eigenvalue weighted by molar-refractivity contribution is 7.40. The molecule has 1 rings (SSSR count). The third-order valence-electron chi connectivity index (χ3n) is 7.02. The van der Waals surface area contributed by atoms with Crippen LogP contribution >= 0.6 is 8.60 Å². The predicted molar refractivity (Wildman–Crippen MR) is 166 cm³/mol. The molecule has 2 unspecified atom stereocenters. The summed E-state index contributed by atoms with van der Waals surface area (Å²) in [6.07, 6.45) is 21.1. The van der Waals surface area contributed by atoms with Crippen LogP contribution in [-0.2, 0) is 25.0 Å². The molecular formula is C32H58NO6P. The van der Waals surface area contributed by atoms with Gasteiger partial charge in [-0.1, -0.05) is 109 Å². The molecule has 0 radical (unpaired) electrons. The molecule has 7 nitrogen and oxygen atoms in total. The number of rotatable bonds is 29. The lowest BCUT2D eigenvalue weighted by Crippen LogP contribution is -2.26. The van der Waals surface area contributed by atoms with Gasteiger partial charge in [0.15, 0.2) is 6.10 Å². The third kappa shape index (κ3) is 21.5. The van der Waals surface area contributed by atoms with Crippen molar-refractivity contribution in [1.82, 2.24) is 4.90 Å². The quantitative estimate of drug-likeness (QED) is 0.0578. The number of aryl methyl sites for hydroxylation is 1. The van der Waals surface area contributed by atoms with Crippen LogP contribution in [-0.4, -0.2) is 62.8 Å². The second-order valence-electron chi connectivity index (χ2n) is 11.0. The van der Waals surface area contributed by atoms with Gasteiger partial charge in [-0.25, -0.2) is 0 Å². The summed E-state index contributed by atoms with van der Waals surface area (Å²) in [6.45, 7) is 4.23. The Morgan fingerprint density at radius 1 is 0.800 bits per heavy atom. The van der Waals surface area contributed by atoms with Gasteiger partial charge >= 0.3 is 8.60 Å². The highest BCUT2D eigenvalue weighted by Crippen LogP contribution is 2.33. The van der Waals surface area contributed by atoms with Crippen molar-refractivity contribution in [3.8, 4) is 5.75 Å². The predicted octanol–water partition coefficient (Wildman–Crippen LogP) is 8.23. The third-order valence-corrected chi connectivity index (χ3v) is 7.79. The zero-order valence-corrected chi connectivity index (χ0v) is 26.6. The maximum atomic E-state index is 11.0. The Balaban J connectivity index is 2.19. The topological polar surface area (TPSA) is 77.5 Å². The van der Waals surface area contributed by atoms with Gasteiger partial charge in [0.2, 0.25) is 0 Å². The molecule has 0 amide bonds. The van der Waals surface area contributed by atoms with E-state index in [1.54, 1.807) is 0 Å². The molecule has 1 N–H and O–H groups in total. The molecule has 0 aromatic heterocycles. The summed E-state index contributed by atoms with van der Waals surface area (Å²) >= 11 is 0. The van der Waals surface area contributed by atoms with Crippen molar-refractivity contribution in [2.75, 3.05) is 40.5 Å². The van der Waals surface area contributed by atoms with Crippen LogP contribution in [0.4, 0.5) is 0 Å². The van der Waals surface area contributed by atoms with Crippen molar-refractivity contribution < 1.29 is 28.2 Å². The Kier molecular flexibility index (Phi) is 24.5. The van der Waals surface area contributed by atoms with Crippen LogP contribution in [0.25, 0.3) is 0 Å². The van der Waals surface area contributed by atoms with Gasteiger partial charge in [0, 0.05) is 0 Å². The van der Waals surface area contributed by atoms with Crippen molar-refractivity contribution in [2.24, 2.45) is 0 Å². The molecule has 8 heteroatoms. The summed E-state index contributed by atoms with van der Waals surface area (Å²) in [6, 6.07) is 8.03. The second kappa shape index (κ2) is 26.6. The Bertz CT molecular complexity index is 708. The molecule has 40 heavy (non-hydrogen) atoms. The first-order valence-electron chi connectivity index (χ1n) is 15.8. The van der Waals surface area contributed by atoms with E-state index in [1.807, 2.05) is 32.3 Å². The number of carbonyl (C=O) groups is 1. The zero-order chi connectivity index (χ0) is 29.1. The van der Waals surface area contributed by atoms with Crippen molar-refractivity contribution in [1.29, 1.82) is 0 Å². The lowest BCUT2D eigenvalue weighted by atomic mass is 10.0. The summed E-state index contributed by atoms with van der Waals surface area (Å²) in [4.78, 5) is 23.1. The van der Waals surface area contributed by atoms with E-state index in [4.69, 9.17) is 18.5 Å². The molecule has 0 aliphatic carbocycles. The van der Waals surface area contributed by atoms with Crippen LogP contribution in [0.2, 0.25) is 0 Å². The monoisotopic (exact) mass is 583 g/mol. The lowest BCUT2D eigenvalue weighted by Gasteiger charge is -2.19.